The molecule has 0 saturated heterocycles. The maximum atomic E-state index is 4.75. The molecule has 0 aliphatic heterocycles. The molecule has 0 radical (unpaired) electrons. The zero-order valence-corrected chi connectivity index (χ0v) is 17.0. The Morgan fingerprint density at radius 2 is 1.54 bits per heavy atom. The molecule has 0 unspecified atom stereocenters. The van der Waals surface area contributed by atoms with Crippen LogP contribution in [0.25, 0.3) is 31.7 Å². The molecule has 4 aromatic rings. The first-order valence-corrected chi connectivity index (χ1v) is 10.4. The van der Waals surface area contributed by atoms with Gasteiger partial charge in [-0.05, 0) is 29.8 Å². The van der Waals surface area contributed by atoms with Crippen LogP contribution < -0.4 is 0 Å². The predicted octanol–water partition coefficient (Wildman–Crippen LogP) is 7.13. The Hall–Kier alpha value is -1.34. The van der Waals surface area contributed by atoms with Crippen LogP contribution >= 0.6 is 54.5 Å². The fourth-order valence-corrected chi connectivity index (χ4v) is 4.88. The Kier molecular flexibility index (Phi) is 4.63. The SMILES string of the molecule is Brc1cccc(-c2csc(-c3ncc(-c4cccc(Br)c4)s3)n2)c1. The van der Waals surface area contributed by atoms with Gasteiger partial charge in [0.15, 0.2) is 10.0 Å². The van der Waals surface area contributed by atoms with Crippen molar-refractivity contribution in [1.82, 2.24) is 9.97 Å². The van der Waals surface area contributed by atoms with Crippen LogP contribution in [-0.2, 0) is 0 Å². The Morgan fingerprint density at radius 1 is 0.833 bits per heavy atom. The lowest BCUT2D eigenvalue weighted by atomic mass is 10.2. The average molecular weight is 478 g/mol. The number of benzene rings is 2. The van der Waals surface area contributed by atoms with E-state index in [0.717, 1.165) is 40.7 Å². The first-order valence-electron chi connectivity index (χ1n) is 7.13. The van der Waals surface area contributed by atoms with Crippen LogP contribution in [0.4, 0.5) is 0 Å². The normalized spacial score (nSPS) is 10.9. The van der Waals surface area contributed by atoms with Crippen molar-refractivity contribution in [3.05, 3.63) is 69.1 Å². The van der Waals surface area contributed by atoms with Crippen molar-refractivity contribution in [2.24, 2.45) is 0 Å². The number of rotatable bonds is 3. The fourth-order valence-electron chi connectivity index (χ4n) is 2.30. The van der Waals surface area contributed by atoms with Crippen molar-refractivity contribution in [2.45, 2.75) is 0 Å². The van der Waals surface area contributed by atoms with Gasteiger partial charge in [-0.25, -0.2) is 9.97 Å². The fraction of sp³-hybridized carbons (Fsp3) is 0. The molecule has 0 aliphatic carbocycles. The molecule has 0 atom stereocenters. The van der Waals surface area contributed by atoms with E-state index in [4.69, 9.17) is 4.98 Å². The third kappa shape index (κ3) is 3.37. The molecular weight excluding hydrogens is 468 g/mol. The van der Waals surface area contributed by atoms with Crippen molar-refractivity contribution >= 4 is 54.5 Å². The van der Waals surface area contributed by atoms with Gasteiger partial charge in [0, 0.05) is 26.1 Å². The van der Waals surface area contributed by atoms with Gasteiger partial charge in [-0.2, -0.15) is 0 Å². The highest BCUT2D eigenvalue weighted by atomic mass is 79.9. The van der Waals surface area contributed by atoms with E-state index in [9.17, 15) is 0 Å². The lowest BCUT2D eigenvalue weighted by molar-refractivity contribution is 1.35. The predicted molar refractivity (Wildman–Crippen MR) is 109 cm³/mol. The largest absolute Gasteiger partial charge is 0.241 e. The molecule has 0 saturated carbocycles. The van der Waals surface area contributed by atoms with Gasteiger partial charge in [0.2, 0.25) is 0 Å². The van der Waals surface area contributed by atoms with E-state index in [1.807, 2.05) is 30.5 Å². The summed E-state index contributed by atoms with van der Waals surface area (Å²) in [4.78, 5) is 10.5. The number of hydrogen-bond donors (Lipinski definition) is 0. The molecular formula is C18H10Br2N2S2. The first-order chi connectivity index (χ1) is 11.7. The summed E-state index contributed by atoms with van der Waals surface area (Å²) < 4.78 is 2.13. The standard InChI is InChI=1S/C18H10Br2N2S2/c19-13-5-1-3-11(7-13)15-10-23-18(22-15)17-21-9-16(24-17)12-4-2-6-14(20)8-12/h1-10H. The van der Waals surface area contributed by atoms with Crippen LogP contribution in [0.15, 0.2) is 69.1 Å². The molecule has 0 amide bonds. The Balaban J connectivity index is 1.66. The maximum Gasteiger partial charge on any atom is 0.152 e. The van der Waals surface area contributed by atoms with Crippen LogP contribution in [0.5, 0.6) is 0 Å². The second kappa shape index (κ2) is 6.88. The van der Waals surface area contributed by atoms with E-state index in [2.05, 4.69) is 66.5 Å². The molecule has 2 nitrogen and oxygen atoms in total. The number of thiazole rings is 2. The Bertz CT molecular complexity index is 926. The molecule has 0 fully saturated rings. The molecule has 4 rings (SSSR count). The summed E-state index contributed by atoms with van der Waals surface area (Å²) >= 11 is 10.3. The highest BCUT2D eigenvalue weighted by molar-refractivity contribution is 9.10. The average Bonchev–Trinajstić information content (AvgIpc) is 3.24. The summed E-state index contributed by atoms with van der Waals surface area (Å²) in [6.07, 6.45) is 1.92. The summed E-state index contributed by atoms with van der Waals surface area (Å²) in [6.45, 7) is 0. The Morgan fingerprint density at radius 3 is 2.29 bits per heavy atom. The van der Waals surface area contributed by atoms with Crippen molar-refractivity contribution in [1.29, 1.82) is 0 Å². The van der Waals surface area contributed by atoms with E-state index in [-0.39, 0.29) is 0 Å². The number of halogens is 2. The van der Waals surface area contributed by atoms with Crippen LogP contribution in [0, 0.1) is 0 Å². The molecule has 118 valence electrons. The smallest absolute Gasteiger partial charge is 0.152 e. The van der Waals surface area contributed by atoms with Crippen molar-refractivity contribution < 1.29 is 0 Å². The highest BCUT2D eigenvalue weighted by Gasteiger charge is 2.12. The van der Waals surface area contributed by atoms with E-state index in [1.165, 1.54) is 0 Å². The molecule has 24 heavy (non-hydrogen) atoms. The molecule has 2 aromatic heterocycles. The topological polar surface area (TPSA) is 25.8 Å². The second-order valence-corrected chi connectivity index (χ2v) is 8.81. The zero-order chi connectivity index (χ0) is 16.5. The maximum absolute atomic E-state index is 4.75. The summed E-state index contributed by atoms with van der Waals surface area (Å²) in [5.74, 6) is 0. The van der Waals surface area contributed by atoms with Gasteiger partial charge >= 0.3 is 0 Å². The molecule has 6 heteroatoms. The third-order valence-corrected chi connectivity index (χ3v) is 6.44. The van der Waals surface area contributed by atoms with Gasteiger partial charge in [-0.15, -0.1) is 22.7 Å². The zero-order valence-electron chi connectivity index (χ0n) is 12.2. The summed E-state index contributed by atoms with van der Waals surface area (Å²) in [7, 11) is 0. The molecule has 0 bridgehead atoms. The second-order valence-electron chi connectivity index (χ2n) is 5.09. The minimum atomic E-state index is 0.955. The van der Waals surface area contributed by atoms with Crippen molar-refractivity contribution in [3.63, 3.8) is 0 Å². The molecule has 2 aromatic carbocycles. The first kappa shape index (κ1) is 16.1. The molecule has 0 aliphatic rings. The summed E-state index contributed by atoms with van der Waals surface area (Å²) in [6, 6.07) is 16.4. The van der Waals surface area contributed by atoms with Gasteiger partial charge < -0.3 is 0 Å². The van der Waals surface area contributed by atoms with E-state index in [0.29, 0.717) is 0 Å². The number of aromatic nitrogens is 2. The summed E-state index contributed by atoms with van der Waals surface area (Å²) in [5.41, 5.74) is 3.25. The molecule has 2 heterocycles. The quantitative estimate of drug-likeness (QED) is 0.313. The van der Waals surface area contributed by atoms with E-state index in [1.54, 1.807) is 22.7 Å². The van der Waals surface area contributed by atoms with Gasteiger partial charge in [0.25, 0.3) is 0 Å². The van der Waals surface area contributed by atoms with Crippen LogP contribution in [0.1, 0.15) is 0 Å². The van der Waals surface area contributed by atoms with Gasteiger partial charge in [-0.3, -0.25) is 0 Å². The number of hydrogen-bond acceptors (Lipinski definition) is 4. The minimum absolute atomic E-state index is 0.955. The van der Waals surface area contributed by atoms with Gasteiger partial charge in [-0.1, -0.05) is 56.1 Å². The van der Waals surface area contributed by atoms with Crippen molar-refractivity contribution in [3.8, 4) is 31.7 Å². The van der Waals surface area contributed by atoms with Gasteiger partial charge in [0.05, 0.1) is 10.6 Å². The van der Waals surface area contributed by atoms with Crippen LogP contribution in [0.2, 0.25) is 0 Å². The van der Waals surface area contributed by atoms with Gasteiger partial charge in [0.1, 0.15) is 0 Å². The molecule has 0 N–H and O–H groups in total. The minimum Gasteiger partial charge on any atom is -0.241 e. The summed E-state index contributed by atoms with van der Waals surface area (Å²) in [5, 5.41) is 3.99. The monoisotopic (exact) mass is 476 g/mol. The lowest BCUT2D eigenvalue weighted by Crippen LogP contribution is -1.78. The van der Waals surface area contributed by atoms with E-state index >= 15 is 0 Å². The van der Waals surface area contributed by atoms with Crippen LogP contribution in [0.3, 0.4) is 0 Å². The number of nitrogens with zero attached hydrogens (tertiary/aromatic N) is 2. The molecule has 0 spiro atoms. The third-order valence-electron chi connectivity index (χ3n) is 3.42. The van der Waals surface area contributed by atoms with Crippen LogP contribution in [-0.4, -0.2) is 9.97 Å². The van der Waals surface area contributed by atoms with E-state index < -0.39 is 0 Å². The Labute approximate surface area is 164 Å². The highest BCUT2D eigenvalue weighted by Crippen LogP contribution is 2.36. The lowest BCUT2D eigenvalue weighted by Gasteiger charge is -1.97. The van der Waals surface area contributed by atoms with Crippen molar-refractivity contribution in [2.75, 3.05) is 0 Å².